The zero-order valence-electron chi connectivity index (χ0n) is 13.0. The summed E-state index contributed by atoms with van der Waals surface area (Å²) >= 11 is 0. The van der Waals surface area contributed by atoms with Crippen molar-refractivity contribution in [1.82, 2.24) is 10.2 Å². The van der Waals surface area contributed by atoms with Crippen LogP contribution in [0.2, 0.25) is 0 Å². The van der Waals surface area contributed by atoms with Gasteiger partial charge in [0.25, 0.3) is 0 Å². The van der Waals surface area contributed by atoms with Crippen LogP contribution in [-0.2, 0) is 6.54 Å². The second kappa shape index (κ2) is 6.62. The molecule has 1 unspecified atom stereocenters. The fourth-order valence-electron chi connectivity index (χ4n) is 2.38. The predicted octanol–water partition coefficient (Wildman–Crippen LogP) is 3.28. The Hall–Kier alpha value is -2.02. The maximum Gasteiger partial charge on any atom is 0.318 e. The molecule has 1 saturated carbocycles. The quantitative estimate of drug-likeness (QED) is 0.902. The van der Waals surface area contributed by atoms with Crippen molar-refractivity contribution in [3.8, 4) is 6.07 Å². The third-order valence-electron chi connectivity index (χ3n) is 4.08. The summed E-state index contributed by atoms with van der Waals surface area (Å²) in [7, 11) is 0. The van der Waals surface area contributed by atoms with Crippen LogP contribution in [0, 0.1) is 17.2 Å². The Bertz CT molecular complexity index is 543. The zero-order valence-corrected chi connectivity index (χ0v) is 13.0. The number of carbonyl (C=O) groups excluding carboxylic acids is 1. The third-order valence-corrected chi connectivity index (χ3v) is 4.08. The highest BCUT2D eigenvalue weighted by Gasteiger charge is 2.36. The van der Waals surface area contributed by atoms with Crippen LogP contribution in [0.5, 0.6) is 0 Å². The highest BCUT2D eigenvalue weighted by Crippen LogP contribution is 2.30. The Kier molecular flexibility index (Phi) is 4.85. The van der Waals surface area contributed by atoms with Crippen molar-refractivity contribution in [2.75, 3.05) is 0 Å². The predicted molar refractivity (Wildman–Crippen MR) is 82.6 cm³/mol. The van der Waals surface area contributed by atoms with Crippen molar-refractivity contribution in [2.45, 2.75) is 52.2 Å². The fraction of sp³-hybridized carbons (Fsp3) is 0.529. The van der Waals surface area contributed by atoms with Crippen LogP contribution < -0.4 is 5.32 Å². The van der Waals surface area contributed by atoms with Crippen molar-refractivity contribution >= 4 is 6.03 Å². The normalized spacial score (nSPS) is 15.4. The average molecular weight is 285 g/mol. The van der Waals surface area contributed by atoms with Gasteiger partial charge in [-0.15, -0.1) is 0 Å². The lowest BCUT2D eigenvalue weighted by atomic mass is 10.0. The van der Waals surface area contributed by atoms with Gasteiger partial charge in [-0.1, -0.05) is 26.0 Å². The minimum atomic E-state index is 0.000982. The molecule has 0 heterocycles. The summed E-state index contributed by atoms with van der Waals surface area (Å²) in [5.41, 5.74) is 1.58. The van der Waals surface area contributed by atoms with Crippen molar-refractivity contribution in [2.24, 2.45) is 5.92 Å². The summed E-state index contributed by atoms with van der Waals surface area (Å²) in [5, 5.41) is 11.9. The van der Waals surface area contributed by atoms with Crippen LogP contribution in [0.1, 0.15) is 44.7 Å². The average Bonchev–Trinajstić information content (AvgIpc) is 3.30. The zero-order chi connectivity index (χ0) is 15.4. The topological polar surface area (TPSA) is 56.1 Å². The molecule has 4 heteroatoms. The number of carbonyl (C=O) groups is 1. The van der Waals surface area contributed by atoms with E-state index in [1.54, 1.807) is 6.07 Å². The van der Waals surface area contributed by atoms with E-state index in [-0.39, 0.29) is 12.1 Å². The van der Waals surface area contributed by atoms with Gasteiger partial charge in [0.1, 0.15) is 0 Å². The van der Waals surface area contributed by atoms with E-state index < -0.39 is 0 Å². The lowest BCUT2D eigenvalue weighted by Gasteiger charge is -2.32. The molecule has 1 N–H and O–H groups in total. The van der Waals surface area contributed by atoms with E-state index in [1.165, 1.54) is 0 Å². The van der Waals surface area contributed by atoms with Gasteiger partial charge in [0.15, 0.2) is 0 Å². The number of benzene rings is 1. The molecule has 1 aliphatic rings. The van der Waals surface area contributed by atoms with Crippen molar-refractivity contribution in [1.29, 1.82) is 5.26 Å². The van der Waals surface area contributed by atoms with E-state index in [4.69, 9.17) is 5.26 Å². The van der Waals surface area contributed by atoms with Gasteiger partial charge in [0.05, 0.1) is 11.6 Å². The van der Waals surface area contributed by atoms with E-state index in [2.05, 4.69) is 32.2 Å². The van der Waals surface area contributed by atoms with Crippen LogP contribution in [0.4, 0.5) is 4.79 Å². The summed E-state index contributed by atoms with van der Waals surface area (Å²) in [6, 6.07) is 10.1. The van der Waals surface area contributed by atoms with E-state index in [0.717, 1.165) is 18.4 Å². The maximum absolute atomic E-state index is 12.4. The number of hydrogen-bond acceptors (Lipinski definition) is 2. The molecule has 1 aromatic carbocycles. The Balaban J connectivity index is 1.97. The molecule has 1 atom stereocenters. The number of nitrogens with zero attached hydrogens (tertiary/aromatic N) is 2. The van der Waals surface area contributed by atoms with Crippen molar-refractivity contribution in [3.05, 3.63) is 35.4 Å². The van der Waals surface area contributed by atoms with E-state index in [0.29, 0.717) is 24.1 Å². The van der Waals surface area contributed by atoms with Gasteiger partial charge in [-0.05, 0) is 43.4 Å². The third kappa shape index (κ3) is 3.98. The Morgan fingerprint density at radius 2 is 2.14 bits per heavy atom. The molecule has 1 fully saturated rings. The summed E-state index contributed by atoms with van der Waals surface area (Å²) in [6.07, 6.45) is 2.21. The number of nitrogens with one attached hydrogen (secondary N) is 1. The van der Waals surface area contributed by atoms with Gasteiger partial charge in [-0.25, -0.2) is 4.79 Å². The second-order valence-electron chi connectivity index (χ2n) is 6.09. The molecule has 2 rings (SSSR count). The van der Waals surface area contributed by atoms with Crippen LogP contribution >= 0.6 is 0 Å². The number of hydrogen-bond donors (Lipinski definition) is 1. The SMILES string of the molecule is CC(C)C(C)N(C(=O)NCc1cccc(C#N)c1)C1CC1. The molecule has 0 radical (unpaired) electrons. The lowest BCUT2D eigenvalue weighted by Crippen LogP contribution is -2.48. The Morgan fingerprint density at radius 1 is 1.43 bits per heavy atom. The molecule has 1 aromatic rings. The minimum absolute atomic E-state index is 0.000982. The largest absolute Gasteiger partial charge is 0.334 e. The Morgan fingerprint density at radius 3 is 2.71 bits per heavy atom. The number of rotatable bonds is 5. The van der Waals surface area contributed by atoms with Crippen molar-refractivity contribution < 1.29 is 4.79 Å². The molecule has 0 aliphatic heterocycles. The minimum Gasteiger partial charge on any atom is -0.334 e. The molecule has 0 bridgehead atoms. The fourth-order valence-corrected chi connectivity index (χ4v) is 2.38. The van der Waals surface area contributed by atoms with Crippen LogP contribution in [0.25, 0.3) is 0 Å². The lowest BCUT2D eigenvalue weighted by molar-refractivity contribution is 0.156. The molecule has 0 spiro atoms. The first kappa shape index (κ1) is 15.4. The molecular weight excluding hydrogens is 262 g/mol. The smallest absolute Gasteiger partial charge is 0.318 e. The molecule has 4 nitrogen and oxygen atoms in total. The number of amides is 2. The summed E-state index contributed by atoms with van der Waals surface area (Å²) in [5.74, 6) is 0.443. The number of nitriles is 1. The maximum atomic E-state index is 12.4. The van der Waals surface area contributed by atoms with Crippen LogP contribution in [0.15, 0.2) is 24.3 Å². The first-order valence-electron chi connectivity index (χ1n) is 7.58. The van der Waals surface area contributed by atoms with Gasteiger partial charge >= 0.3 is 6.03 Å². The monoisotopic (exact) mass is 285 g/mol. The van der Waals surface area contributed by atoms with Crippen LogP contribution in [-0.4, -0.2) is 23.0 Å². The second-order valence-corrected chi connectivity index (χ2v) is 6.09. The summed E-state index contributed by atoms with van der Waals surface area (Å²) in [6.45, 7) is 6.86. The molecule has 2 amide bonds. The summed E-state index contributed by atoms with van der Waals surface area (Å²) in [4.78, 5) is 14.4. The summed E-state index contributed by atoms with van der Waals surface area (Å²) < 4.78 is 0. The number of urea groups is 1. The standard InChI is InChI=1S/C17H23N3O/c1-12(2)13(3)20(16-7-8-16)17(21)19-11-15-6-4-5-14(9-15)10-18/h4-6,9,12-13,16H,7-8,11H2,1-3H3,(H,19,21). The molecule has 0 saturated heterocycles. The van der Waals surface area contributed by atoms with Gasteiger partial charge in [0, 0.05) is 18.6 Å². The molecule has 21 heavy (non-hydrogen) atoms. The highest BCUT2D eigenvalue weighted by molar-refractivity contribution is 5.75. The van der Waals surface area contributed by atoms with Gasteiger partial charge in [-0.2, -0.15) is 5.26 Å². The first-order chi connectivity index (χ1) is 10.0. The van der Waals surface area contributed by atoms with Crippen molar-refractivity contribution in [3.63, 3.8) is 0 Å². The molecule has 1 aliphatic carbocycles. The van der Waals surface area contributed by atoms with Gasteiger partial charge in [0.2, 0.25) is 0 Å². The first-order valence-corrected chi connectivity index (χ1v) is 7.58. The van der Waals surface area contributed by atoms with Gasteiger partial charge in [-0.3, -0.25) is 0 Å². The molecule has 112 valence electrons. The van der Waals surface area contributed by atoms with E-state index in [9.17, 15) is 4.79 Å². The van der Waals surface area contributed by atoms with E-state index in [1.807, 2.05) is 23.1 Å². The molecular formula is C17H23N3O. The molecule has 0 aromatic heterocycles. The highest BCUT2D eigenvalue weighted by atomic mass is 16.2. The van der Waals surface area contributed by atoms with Crippen LogP contribution in [0.3, 0.4) is 0 Å². The Labute approximate surface area is 126 Å². The van der Waals surface area contributed by atoms with E-state index >= 15 is 0 Å². The van der Waals surface area contributed by atoms with Gasteiger partial charge < -0.3 is 10.2 Å².